The SMILES string of the molecule is CSC(CO)C(C)Nc1ccc(S(N)(=O)=O)cc1. The summed E-state index contributed by atoms with van der Waals surface area (Å²) in [6.45, 7) is 2.05. The lowest BCUT2D eigenvalue weighted by molar-refractivity contribution is 0.288. The third-order valence-corrected chi connectivity index (χ3v) is 4.71. The van der Waals surface area contributed by atoms with Crippen molar-refractivity contribution in [1.82, 2.24) is 0 Å². The molecule has 102 valence electrons. The third kappa shape index (κ3) is 4.16. The number of primary sulfonamides is 1. The van der Waals surface area contributed by atoms with E-state index in [1.165, 1.54) is 12.1 Å². The molecule has 0 radical (unpaired) electrons. The largest absolute Gasteiger partial charge is 0.395 e. The van der Waals surface area contributed by atoms with Crippen molar-refractivity contribution < 1.29 is 13.5 Å². The molecule has 0 heterocycles. The second-order valence-corrected chi connectivity index (χ2v) is 6.60. The molecule has 0 fully saturated rings. The Bertz CT molecular complexity index is 470. The zero-order valence-electron chi connectivity index (χ0n) is 10.3. The van der Waals surface area contributed by atoms with Crippen LogP contribution < -0.4 is 10.5 Å². The summed E-state index contributed by atoms with van der Waals surface area (Å²) in [7, 11) is -3.65. The van der Waals surface area contributed by atoms with E-state index in [4.69, 9.17) is 10.2 Å². The fourth-order valence-corrected chi connectivity index (χ4v) is 2.67. The Labute approximate surface area is 112 Å². The van der Waals surface area contributed by atoms with Crippen LogP contribution in [0.25, 0.3) is 0 Å². The quantitative estimate of drug-likeness (QED) is 0.722. The molecule has 0 saturated heterocycles. The summed E-state index contributed by atoms with van der Waals surface area (Å²) in [6.07, 6.45) is 1.93. The summed E-state index contributed by atoms with van der Waals surface area (Å²) >= 11 is 1.58. The number of anilines is 1. The summed E-state index contributed by atoms with van der Waals surface area (Å²) in [5, 5.41) is 17.5. The van der Waals surface area contributed by atoms with Gasteiger partial charge in [0.25, 0.3) is 0 Å². The van der Waals surface area contributed by atoms with Gasteiger partial charge in [-0.1, -0.05) is 0 Å². The normalized spacial score (nSPS) is 15.1. The zero-order chi connectivity index (χ0) is 13.8. The Kier molecular flexibility index (Phi) is 5.46. The molecule has 0 aliphatic carbocycles. The van der Waals surface area contributed by atoms with Gasteiger partial charge in [-0.3, -0.25) is 0 Å². The second-order valence-electron chi connectivity index (χ2n) is 3.96. The second kappa shape index (κ2) is 6.42. The predicted molar refractivity (Wildman–Crippen MR) is 75.3 cm³/mol. The molecule has 1 aromatic rings. The molecule has 5 nitrogen and oxygen atoms in total. The first-order valence-corrected chi connectivity index (χ1v) is 8.25. The number of aliphatic hydroxyl groups excluding tert-OH is 1. The standard InChI is InChI=1S/C11H18N2O3S2/c1-8(11(7-14)17-2)13-9-3-5-10(6-4-9)18(12,15)16/h3-6,8,11,13-14H,7H2,1-2H3,(H2,12,15,16). The number of sulfonamides is 1. The van der Waals surface area contributed by atoms with E-state index in [1.54, 1.807) is 23.9 Å². The highest BCUT2D eigenvalue weighted by molar-refractivity contribution is 7.99. The van der Waals surface area contributed by atoms with E-state index < -0.39 is 10.0 Å². The molecule has 4 N–H and O–H groups in total. The molecule has 1 rings (SSSR count). The van der Waals surface area contributed by atoms with E-state index in [2.05, 4.69) is 5.32 Å². The summed E-state index contributed by atoms with van der Waals surface area (Å²) in [4.78, 5) is 0.0873. The van der Waals surface area contributed by atoms with Crippen molar-refractivity contribution in [3.8, 4) is 0 Å². The van der Waals surface area contributed by atoms with E-state index in [9.17, 15) is 8.42 Å². The average molecular weight is 290 g/mol. The van der Waals surface area contributed by atoms with Crippen LogP contribution in [-0.4, -0.2) is 37.7 Å². The van der Waals surface area contributed by atoms with Crippen LogP contribution in [-0.2, 0) is 10.0 Å². The molecule has 0 amide bonds. The summed E-state index contributed by atoms with van der Waals surface area (Å²) in [5.41, 5.74) is 0.794. The van der Waals surface area contributed by atoms with Gasteiger partial charge in [-0.25, -0.2) is 13.6 Å². The number of aliphatic hydroxyl groups is 1. The van der Waals surface area contributed by atoms with Gasteiger partial charge in [-0.2, -0.15) is 11.8 Å². The first-order chi connectivity index (χ1) is 8.38. The number of hydrogen-bond acceptors (Lipinski definition) is 5. The van der Waals surface area contributed by atoms with Crippen molar-refractivity contribution in [3.05, 3.63) is 24.3 Å². The highest BCUT2D eigenvalue weighted by atomic mass is 32.2. The van der Waals surface area contributed by atoms with E-state index in [1.807, 2.05) is 13.2 Å². The average Bonchev–Trinajstić information content (AvgIpc) is 2.30. The molecule has 0 aliphatic heterocycles. The lowest BCUT2D eigenvalue weighted by Crippen LogP contribution is -2.30. The smallest absolute Gasteiger partial charge is 0.238 e. The summed E-state index contributed by atoms with van der Waals surface area (Å²) in [6, 6.07) is 6.30. The maximum absolute atomic E-state index is 11.1. The molecule has 1 aromatic carbocycles. The van der Waals surface area contributed by atoms with Crippen molar-refractivity contribution in [2.24, 2.45) is 5.14 Å². The van der Waals surface area contributed by atoms with Gasteiger partial charge in [0.05, 0.1) is 11.5 Å². The lowest BCUT2D eigenvalue weighted by atomic mass is 10.2. The minimum absolute atomic E-state index is 0.0744. The van der Waals surface area contributed by atoms with Crippen molar-refractivity contribution in [2.75, 3.05) is 18.2 Å². The van der Waals surface area contributed by atoms with Crippen molar-refractivity contribution in [2.45, 2.75) is 23.1 Å². The number of rotatable bonds is 6. The van der Waals surface area contributed by atoms with E-state index in [0.29, 0.717) is 0 Å². The molecular weight excluding hydrogens is 272 g/mol. The Morgan fingerprint density at radius 1 is 1.39 bits per heavy atom. The molecule has 18 heavy (non-hydrogen) atoms. The van der Waals surface area contributed by atoms with Crippen LogP contribution in [0.3, 0.4) is 0 Å². The highest BCUT2D eigenvalue weighted by Crippen LogP contribution is 2.17. The number of nitrogens with two attached hydrogens (primary N) is 1. The molecule has 2 atom stereocenters. The van der Waals surface area contributed by atoms with Crippen molar-refractivity contribution >= 4 is 27.5 Å². The van der Waals surface area contributed by atoms with Crippen LogP contribution in [0.4, 0.5) is 5.69 Å². The third-order valence-electron chi connectivity index (χ3n) is 2.62. The highest BCUT2D eigenvalue weighted by Gasteiger charge is 2.15. The van der Waals surface area contributed by atoms with Crippen LogP contribution in [0.2, 0.25) is 0 Å². The summed E-state index contributed by atoms with van der Waals surface area (Å²) < 4.78 is 22.2. The van der Waals surface area contributed by atoms with E-state index in [0.717, 1.165) is 5.69 Å². The maximum atomic E-state index is 11.1. The van der Waals surface area contributed by atoms with Gasteiger partial charge in [0.2, 0.25) is 10.0 Å². The Morgan fingerprint density at radius 2 is 1.94 bits per heavy atom. The molecule has 0 bridgehead atoms. The fourth-order valence-electron chi connectivity index (χ4n) is 1.53. The number of thioether (sulfide) groups is 1. The van der Waals surface area contributed by atoms with Crippen molar-refractivity contribution in [1.29, 1.82) is 0 Å². The van der Waals surface area contributed by atoms with Gasteiger partial charge in [0.1, 0.15) is 0 Å². The minimum Gasteiger partial charge on any atom is -0.395 e. The van der Waals surface area contributed by atoms with Gasteiger partial charge >= 0.3 is 0 Å². The van der Waals surface area contributed by atoms with Crippen LogP contribution >= 0.6 is 11.8 Å². The van der Waals surface area contributed by atoms with Crippen LogP contribution in [0, 0.1) is 0 Å². The molecule has 0 aliphatic rings. The van der Waals surface area contributed by atoms with Gasteiger partial charge in [-0.15, -0.1) is 0 Å². The van der Waals surface area contributed by atoms with Gasteiger partial charge in [0.15, 0.2) is 0 Å². The molecule has 0 aromatic heterocycles. The topological polar surface area (TPSA) is 92.4 Å². The molecular formula is C11H18N2O3S2. The van der Waals surface area contributed by atoms with Crippen LogP contribution in [0.5, 0.6) is 0 Å². The summed E-state index contributed by atoms with van der Waals surface area (Å²) in [5.74, 6) is 0. The molecule has 2 unspecified atom stereocenters. The van der Waals surface area contributed by atoms with Gasteiger partial charge in [0, 0.05) is 17.0 Å². The Hall–Kier alpha value is -0.760. The monoisotopic (exact) mass is 290 g/mol. The number of benzene rings is 1. The first kappa shape index (κ1) is 15.3. The Balaban J connectivity index is 2.75. The van der Waals surface area contributed by atoms with Gasteiger partial charge < -0.3 is 10.4 Å². The fraction of sp³-hybridized carbons (Fsp3) is 0.455. The lowest BCUT2D eigenvalue weighted by Gasteiger charge is -2.22. The molecule has 7 heteroatoms. The number of hydrogen-bond donors (Lipinski definition) is 3. The van der Waals surface area contributed by atoms with Crippen molar-refractivity contribution in [3.63, 3.8) is 0 Å². The van der Waals surface area contributed by atoms with Gasteiger partial charge in [-0.05, 0) is 37.4 Å². The minimum atomic E-state index is -3.65. The van der Waals surface area contributed by atoms with Crippen LogP contribution in [0.1, 0.15) is 6.92 Å². The van der Waals surface area contributed by atoms with E-state index in [-0.39, 0.29) is 22.8 Å². The number of nitrogens with one attached hydrogen (secondary N) is 1. The maximum Gasteiger partial charge on any atom is 0.238 e. The van der Waals surface area contributed by atoms with Crippen LogP contribution in [0.15, 0.2) is 29.2 Å². The zero-order valence-corrected chi connectivity index (χ0v) is 12.0. The molecule has 0 spiro atoms. The first-order valence-electron chi connectivity index (χ1n) is 5.41. The molecule has 0 saturated carbocycles. The Morgan fingerprint density at radius 3 is 2.33 bits per heavy atom. The van der Waals surface area contributed by atoms with E-state index >= 15 is 0 Å². The predicted octanol–water partition coefficient (Wildman–Crippen LogP) is 0.858.